The van der Waals surface area contributed by atoms with Crippen LogP contribution in [0.5, 0.6) is 0 Å². The number of nitrogens with zero attached hydrogens (tertiary/aromatic N) is 1. The van der Waals surface area contributed by atoms with E-state index < -0.39 is 35.1 Å². The van der Waals surface area contributed by atoms with Crippen molar-refractivity contribution >= 4 is 12.0 Å². The zero-order valence-corrected chi connectivity index (χ0v) is 13.8. The lowest BCUT2D eigenvalue weighted by Crippen LogP contribution is -2.40. The molecule has 0 aliphatic carbocycles. The van der Waals surface area contributed by atoms with Crippen molar-refractivity contribution in [1.29, 1.82) is 0 Å². The molecule has 0 aliphatic rings. The molecule has 134 valence electrons. The van der Waals surface area contributed by atoms with Crippen LogP contribution in [0.2, 0.25) is 0 Å². The van der Waals surface area contributed by atoms with E-state index in [1.54, 1.807) is 20.8 Å². The van der Waals surface area contributed by atoms with Crippen molar-refractivity contribution in [2.45, 2.75) is 33.6 Å². The summed E-state index contributed by atoms with van der Waals surface area (Å²) >= 11 is 0. The third kappa shape index (κ3) is 5.63. The van der Waals surface area contributed by atoms with Gasteiger partial charge in [-0.1, -0.05) is 0 Å². The Labute approximate surface area is 137 Å². The third-order valence-electron chi connectivity index (χ3n) is 2.80. The molecule has 0 aliphatic heterocycles. The van der Waals surface area contributed by atoms with Gasteiger partial charge in [0.2, 0.25) is 0 Å². The van der Waals surface area contributed by atoms with E-state index in [1.165, 1.54) is 0 Å². The molecule has 0 fully saturated rings. The molecule has 2 amide bonds. The van der Waals surface area contributed by atoms with Crippen LogP contribution in [0.3, 0.4) is 0 Å². The fourth-order valence-electron chi connectivity index (χ4n) is 1.82. The van der Waals surface area contributed by atoms with Crippen molar-refractivity contribution in [1.82, 2.24) is 14.9 Å². The highest BCUT2D eigenvalue weighted by atomic mass is 16.7. The number of H-pyrrole nitrogens is 1. The second-order valence-electron chi connectivity index (χ2n) is 4.47. The number of aromatic amines is 1. The lowest BCUT2D eigenvalue weighted by atomic mass is 10.3. The summed E-state index contributed by atoms with van der Waals surface area (Å²) in [6.45, 7) is 5.85. The molecule has 0 saturated carbocycles. The first kappa shape index (κ1) is 19.6. The quantitative estimate of drug-likeness (QED) is 0.627. The maximum absolute atomic E-state index is 11.9. The summed E-state index contributed by atoms with van der Waals surface area (Å²) in [5.74, 6) is -0.979. The summed E-state index contributed by atoms with van der Waals surface area (Å²) in [5, 5.41) is 1.89. The number of carbonyl (C=O) groups is 2. The molecule has 10 heteroatoms. The minimum atomic E-state index is -0.985. The van der Waals surface area contributed by atoms with Crippen molar-refractivity contribution < 1.29 is 23.8 Å². The maximum Gasteiger partial charge on any atom is 0.414 e. The summed E-state index contributed by atoms with van der Waals surface area (Å²) in [6.07, 6.45) is -0.661. The van der Waals surface area contributed by atoms with Crippen molar-refractivity contribution in [2.24, 2.45) is 0 Å². The summed E-state index contributed by atoms with van der Waals surface area (Å²) in [6, 6.07) is 0. The molecule has 0 spiro atoms. The Morgan fingerprint density at radius 3 is 2.33 bits per heavy atom. The fraction of sp³-hybridized carbons (Fsp3) is 0.571. The minimum Gasteiger partial charge on any atom is -0.450 e. The molecule has 0 aromatic carbocycles. The topological polar surface area (TPSA) is 129 Å². The zero-order valence-electron chi connectivity index (χ0n) is 13.8. The van der Waals surface area contributed by atoms with Crippen LogP contribution in [0.25, 0.3) is 0 Å². The smallest absolute Gasteiger partial charge is 0.414 e. The largest absolute Gasteiger partial charge is 0.450 e. The Morgan fingerprint density at radius 1 is 1.17 bits per heavy atom. The van der Waals surface area contributed by atoms with E-state index in [1.807, 2.05) is 10.3 Å². The number of imide groups is 1. The van der Waals surface area contributed by atoms with Gasteiger partial charge >= 0.3 is 11.8 Å². The van der Waals surface area contributed by atoms with Crippen LogP contribution in [0, 0.1) is 0 Å². The van der Waals surface area contributed by atoms with Crippen LogP contribution < -0.4 is 16.6 Å². The molecule has 1 rings (SSSR count). The fourth-order valence-corrected chi connectivity index (χ4v) is 1.82. The second-order valence-corrected chi connectivity index (χ2v) is 4.47. The van der Waals surface area contributed by atoms with Crippen LogP contribution in [-0.2, 0) is 20.8 Å². The van der Waals surface area contributed by atoms with E-state index in [0.717, 1.165) is 10.8 Å². The van der Waals surface area contributed by atoms with Gasteiger partial charge in [0, 0.05) is 19.4 Å². The predicted molar refractivity (Wildman–Crippen MR) is 82.9 cm³/mol. The lowest BCUT2D eigenvalue weighted by Gasteiger charge is -2.18. The van der Waals surface area contributed by atoms with Gasteiger partial charge in [-0.05, 0) is 20.8 Å². The standard InChI is InChI=1S/C14H21N3O7/c1-4-22-10(23-5-2)8-17-7-9(11(18)15-13(17)20)12(19)16-14(21)24-6-3/h7,10H,4-6,8H2,1-3H3,(H,15,18,20)(H,16,19,21). The monoisotopic (exact) mass is 343 g/mol. The number of amides is 2. The predicted octanol–water partition coefficient (Wildman–Crippen LogP) is -0.178. The number of nitrogens with one attached hydrogen (secondary N) is 2. The van der Waals surface area contributed by atoms with Gasteiger partial charge in [0.1, 0.15) is 5.56 Å². The van der Waals surface area contributed by atoms with Crippen molar-refractivity contribution in [2.75, 3.05) is 19.8 Å². The van der Waals surface area contributed by atoms with E-state index in [9.17, 15) is 19.2 Å². The maximum atomic E-state index is 11.9. The van der Waals surface area contributed by atoms with Gasteiger partial charge in [-0.25, -0.2) is 9.59 Å². The molecule has 0 atom stereocenters. The van der Waals surface area contributed by atoms with E-state index in [4.69, 9.17) is 9.47 Å². The first-order valence-corrected chi connectivity index (χ1v) is 7.47. The molecule has 0 saturated heterocycles. The van der Waals surface area contributed by atoms with Crippen LogP contribution in [0.1, 0.15) is 31.1 Å². The number of hydrogen-bond acceptors (Lipinski definition) is 7. The van der Waals surface area contributed by atoms with Crippen LogP contribution in [0.15, 0.2) is 15.8 Å². The number of alkyl carbamates (subject to hydrolysis) is 1. The van der Waals surface area contributed by atoms with Gasteiger partial charge in [0.15, 0.2) is 6.29 Å². The number of rotatable bonds is 8. The van der Waals surface area contributed by atoms with Gasteiger partial charge in [-0.15, -0.1) is 0 Å². The molecule has 0 unspecified atom stereocenters. The van der Waals surface area contributed by atoms with E-state index >= 15 is 0 Å². The zero-order chi connectivity index (χ0) is 18.1. The lowest BCUT2D eigenvalue weighted by molar-refractivity contribution is -0.144. The van der Waals surface area contributed by atoms with Gasteiger partial charge in [0.05, 0.1) is 13.2 Å². The van der Waals surface area contributed by atoms with E-state index in [-0.39, 0.29) is 13.2 Å². The Balaban J connectivity index is 3.03. The van der Waals surface area contributed by atoms with Gasteiger partial charge in [-0.2, -0.15) is 0 Å². The molecule has 1 aromatic heterocycles. The average Bonchev–Trinajstić information content (AvgIpc) is 2.50. The van der Waals surface area contributed by atoms with Gasteiger partial charge in [-0.3, -0.25) is 24.5 Å². The second kappa shape index (κ2) is 9.63. The summed E-state index contributed by atoms with van der Waals surface area (Å²) in [4.78, 5) is 48.8. The normalized spacial score (nSPS) is 10.7. The van der Waals surface area contributed by atoms with Crippen molar-refractivity contribution in [3.05, 3.63) is 32.6 Å². The number of aromatic nitrogens is 2. The first-order valence-electron chi connectivity index (χ1n) is 7.47. The Hall–Kier alpha value is -2.46. The molecular formula is C14H21N3O7. The highest BCUT2D eigenvalue weighted by molar-refractivity contribution is 6.02. The number of ether oxygens (including phenoxy) is 3. The molecule has 0 bridgehead atoms. The van der Waals surface area contributed by atoms with E-state index in [2.05, 4.69) is 4.74 Å². The molecule has 1 aromatic rings. The minimum absolute atomic E-state index is 0.0308. The molecule has 1 heterocycles. The SMILES string of the molecule is CCOC(=O)NC(=O)c1cn(CC(OCC)OCC)c(=O)[nH]c1=O. The third-order valence-corrected chi connectivity index (χ3v) is 2.80. The molecule has 24 heavy (non-hydrogen) atoms. The Bertz CT molecular complexity index is 674. The number of carbonyl (C=O) groups excluding carboxylic acids is 2. The van der Waals surface area contributed by atoms with Gasteiger partial charge in [0.25, 0.3) is 11.5 Å². The average molecular weight is 343 g/mol. The Kier molecular flexibility index (Phi) is 7.86. The molecule has 10 nitrogen and oxygen atoms in total. The van der Waals surface area contributed by atoms with Crippen molar-refractivity contribution in [3.8, 4) is 0 Å². The number of hydrogen-bond donors (Lipinski definition) is 2. The summed E-state index contributed by atoms with van der Waals surface area (Å²) < 4.78 is 16.3. The first-order chi connectivity index (χ1) is 11.4. The summed E-state index contributed by atoms with van der Waals surface area (Å²) in [7, 11) is 0. The molecule has 2 N–H and O–H groups in total. The Morgan fingerprint density at radius 2 is 1.79 bits per heavy atom. The van der Waals surface area contributed by atoms with Crippen LogP contribution in [0.4, 0.5) is 4.79 Å². The highest BCUT2D eigenvalue weighted by Crippen LogP contribution is 1.99. The molecule has 0 radical (unpaired) electrons. The van der Waals surface area contributed by atoms with E-state index in [0.29, 0.717) is 13.2 Å². The van der Waals surface area contributed by atoms with Crippen LogP contribution >= 0.6 is 0 Å². The van der Waals surface area contributed by atoms with Crippen molar-refractivity contribution in [3.63, 3.8) is 0 Å². The van der Waals surface area contributed by atoms with Gasteiger partial charge < -0.3 is 14.2 Å². The highest BCUT2D eigenvalue weighted by Gasteiger charge is 2.18. The summed E-state index contributed by atoms with van der Waals surface area (Å²) in [5.41, 5.74) is -2.05. The van der Waals surface area contributed by atoms with Crippen LogP contribution in [-0.4, -0.2) is 47.7 Å². The molecular weight excluding hydrogens is 322 g/mol.